The first-order chi connectivity index (χ1) is 9.19. The second-order valence-electron chi connectivity index (χ2n) is 4.47. The Bertz CT molecular complexity index is 614. The molecule has 0 saturated heterocycles. The normalized spacial score (nSPS) is 9.95. The van der Waals surface area contributed by atoms with Gasteiger partial charge in [-0.2, -0.15) is 5.26 Å². The summed E-state index contributed by atoms with van der Waals surface area (Å²) in [7, 11) is 0. The number of rotatable bonds is 4. The quantitative estimate of drug-likeness (QED) is 0.903. The molecule has 96 valence electrons. The number of hydrogen-bond donors (Lipinski definition) is 1. The Balaban J connectivity index is 1.93. The van der Waals surface area contributed by atoms with E-state index in [9.17, 15) is 4.39 Å². The topological polar surface area (TPSA) is 35.8 Å². The minimum atomic E-state index is -0.483. The molecule has 0 aliphatic heterocycles. The lowest BCUT2D eigenvalue weighted by Crippen LogP contribution is -2.05. The number of nitriles is 1. The zero-order chi connectivity index (χ0) is 13.7. The van der Waals surface area contributed by atoms with Gasteiger partial charge in [0.2, 0.25) is 0 Å². The van der Waals surface area contributed by atoms with Crippen LogP contribution < -0.4 is 5.32 Å². The highest BCUT2D eigenvalue weighted by Crippen LogP contribution is 2.14. The third-order valence-corrected chi connectivity index (χ3v) is 2.91. The van der Waals surface area contributed by atoms with Crippen LogP contribution >= 0.6 is 0 Å². The fourth-order valence-electron chi connectivity index (χ4n) is 1.93. The van der Waals surface area contributed by atoms with E-state index in [1.54, 1.807) is 6.07 Å². The highest BCUT2D eigenvalue weighted by atomic mass is 19.1. The monoisotopic (exact) mass is 254 g/mol. The Morgan fingerprint density at radius 1 is 1.21 bits per heavy atom. The van der Waals surface area contributed by atoms with E-state index >= 15 is 0 Å². The van der Waals surface area contributed by atoms with Gasteiger partial charge >= 0.3 is 0 Å². The van der Waals surface area contributed by atoms with Gasteiger partial charge in [0.05, 0.1) is 5.56 Å². The molecular weight excluding hydrogens is 239 g/mol. The van der Waals surface area contributed by atoms with E-state index in [-0.39, 0.29) is 5.56 Å². The minimum absolute atomic E-state index is 0.0734. The highest BCUT2D eigenvalue weighted by Gasteiger charge is 2.02. The summed E-state index contributed by atoms with van der Waals surface area (Å²) < 4.78 is 13.4. The van der Waals surface area contributed by atoms with Crippen molar-refractivity contribution in [3.63, 3.8) is 0 Å². The largest absolute Gasteiger partial charge is 0.385 e. The molecule has 2 aromatic rings. The van der Waals surface area contributed by atoms with Gasteiger partial charge in [-0.3, -0.25) is 0 Å². The van der Waals surface area contributed by atoms with Gasteiger partial charge in [0.15, 0.2) is 0 Å². The summed E-state index contributed by atoms with van der Waals surface area (Å²) in [6, 6.07) is 14.7. The smallest absolute Gasteiger partial charge is 0.143 e. The number of anilines is 1. The molecule has 0 bridgehead atoms. The van der Waals surface area contributed by atoms with Crippen LogP contribution in [0, 0.1) is 24.1 Å². The summed E-state index contributed by atoms with van der Waals surface area (Å²) in [5.41, 5.74) is 3.26. The van der Waals surface area contributed by atoms with Crippen LogP contribution in [0.25, 0.3) is 0 Å². The molecule has 1 N–H and O–H groups in total. The molecule has 0 fully saturated rings. The molecule has 0 radical (unpaired) electrons. The van der Waals surface area contributed by atoms with Crippen LogP contribution in [0.1, 0.15) is 16.7 Å². The van der Waals surface area contributed by atoms with E-state index in [1.165, 1.54) is 23.3 Å². The van der Waals surface area contributed by atoms with Crippen LogP contribution in [0.2, 0.25) is 0 Å². The fourth-order valence-corrected chi connectivity index (χ4v) is 1.93. The number of halogens is 1. The predicted octanol–water partition coefficient (Wildman–Crippen LogP) is 3.66. The summed E-state index contributed by atoms with van der Waals surface area (Å²) >= 11 is 0. The molecule has 0 amide bonds. The molecule has 0 spiro atoms. The van der Waals surface area contributed by atoms with E-state index in [2.05, 4.69) is 30.4 Å². The zero-order valence-corrected chi connectivity index (χ0v) is 10.8. The Kier molecular flexibility index (Phi) is 4.15. The van der Waals surface area contributed by atoms with Gasteiger partial charge in [-0.25, -0.2) is 4.39 Å². The SMILES string of the molecule is Cc1cccc(CCNc2ccc(C#N)c(F)c2)c1. The summed E-state index contributed by atoms with van der Waals surface area (Å²) in [5, 5.41) is 11.8. The van der Waals surface area contributed by atoms with Crippen LogP contribution in [0.15, 0.2) is 42.5 Å². The first-order valence-electron chi connectivity index (χ1n) is 6.18. The van der Waals surface area contributed by atoms with E-state index in [1.807, 2.05) is 12.1 Å². The molecule has 19 heavy (non-hydrogen) atoms. The molecule has 0 saturated carbocycles. The molecule has 2 rings (SSSR count). The maximum atomic E-state index is 13.4. The van der Waals surface area contributed by atoms with Crippen LogP contribution in [0.5, 0.6) is 0 Å². The van der Waals surface area contributed by atoms with Gasteiger partial charge in [-0.15, -0.1) is 0 Å². The van der Waals surface area contributed by atoms with Gasteiger partial charge in [-0.05, 0) is 37.1 Å². The predicted molar refractivity (Wildman–Crippen MR) is 74.5 cm³/mol. The number of nitrogens with one attached hydrogen (secondary N) is 1. The molecule has 3 heteroatoms. The molecule has 0 aromatic heterocycles. The average Bonchev–Trinajstić information content (AvgIpc) is 2.39. The number of nitrogens with zero attached hydrogens (tertiary/aromatic N) is 1. The second kappa shape index (κ2) is 6.01. The van der Waals surface area contributed by atoms with Gasteiger partial charge in [0.1, 0.15) is 11.9 Å². The fraction of sp³-hybridized carbons (Fsp3) is 0.188. The highest BCUT2D eigenvalue weighted by molar-refractivity contribution is 5.48. The van der Waals surface area contributed by atoms with Crippen LogP contribution in [0.4, 0.5) is 10.1 Å². The standard InChI is InChI=1S/C16H15FN2/c1-12-3-2-4-13(9-12)7-8-19-15-6-5-14(11-18)16(17)10-15/h2-6,9-10,19H,7-8H2,1H3. The summed E-state index contributed by atoms with van der Waals surface area (Å²) in [5.74, 6) is -0.483. The molecule has 0 aliphatic carbocycles. The van der Waals surface area contributed by atoms with Gasteiger partial charge in [0.25, 0.3) is 0 Å². The maximum Gasteiger partial charge on any atom is 0.143 e. The molecule has 0 atom stereocenters. The van der Waals surface area contributed by atoms with Crippen LogP contribution in [0.3, 0.4) is 0 Å². The van der Waals surface area contributed by atoms with Crippen molar-refractivity contribution < 1.29 is 4.39 Å². The molecule has 0 unspecified atom stereocenters. The molecular formula is C16H15FN2. The van der Waals surface area contributed by atoms with Crippen molar-refractivity contribution in [2.45, 2.75) is 13.3 Å². The first-order valence-corrected chi connectivity index (χ1v) is 6.18. The van der Waals surface area contributed by atoms with Crippen molar-refractivity contribution in [1.29, 1.82) is 5.26 Å². The maximum absolute atomic E-state index is 13.4. The lowest BCUT2D eigenvalue weighted by molar-refractivity contribution is 0.624. The Hall–Kier alpha value is -2.34. The summed E-state index contributed by atoms with van der Waals surface area (Å²) in [6.45, 7) is 2.79. The van der Waals surface area contributed by atoms with Gasteiger partial charge in [0, 0.05) is 12.2 Å². The molecule has 0 aliphatic rings. The first kappa shape index (κ1) is 13.1. The molecule has 2 aromatic carbocycles. The lowest BCUT2D eigenvalue weighted by atomic mass is 10.1. The lowest BCUT2D eigenvalue weighted by Gasteiger charge is -2.07. The van der Waals surface area contributed by atoms with Crippen LogP contribution in [-0.4, -0.2) is 6.54 Å². The van der Waals surface area contributed by atoms with Crippen molar-refractivity contribution in [2.24, 2.45) is 0 Å². The second-order valence-corrected chi connectivity index (χ2v) is 4.47. The number of aryl methyl sites for hydroxylation is 1. The van der Waals surface area contributed by atoms with E-state index in [0.29, 0.717) is 5.69 Å². The van der Waals surface area contributed by atoms with Gasteiger partial charge in [-0.1, -0.05) is 29.8 Å². The Morgan fingerprint density at radius 2 is 2.05 bits per heavy atom. The Labute approximate surface area is 112 Å². The van der Waals surface area contributed by atoms with Crippen molar-refractivity contribution in [3.8, 4) is 6.07 Å². The van der Waals surface area contributed by atoms with E-state index in [0.717, 1.165) is 13.0 Å². The summed E-state index contributed by atoms with van der Waals surface area (Å²) in [6.07, 6.45) is 0.878. The van der Waals surface area contributed by atoms with Crippen molar-refractivity contribution >= 4 is 5.69 Å². The van der Waals surface area contributed by atoms with Gasteiger partial charge < -0.3 is 5.32 Å². The van der Waals surface area contributed by atoms with E-state index < -0.39 is 5.82 Å². The number of benzene rings is 2. The van der Waals surface area contributed by atoms with Crippen LogP contribution in [-0.2, 0) is 6.42 Å². The molecule has 0 heterocycles. The Morgan fingerprint density at radius 3 is 2.74 bits per heavy atom. The minimum Gasteiger partial charge on any atom is -0.385 e. The number of hydrogen-bond acceptors (Lipinski definition) is 2. The average molecular weight is 254 g/mol. The molecule has 2 nitrogen and oxygen atoms in total. The van der Waals surface area contributed by atoms with Crippen molar-refractivity contribution in [3.05, 3.63) is 65.0 Å². The zero-order valence-electron chi connectivity index (χ0n) is 10.8. The van der Waals surface area contributed by atoms with Crippen molar-refractivity contribution in [1.82, 2.24) is 0 Å². The third-order valence-electron chi connectivity index (χ3n) is 2.91. The van der Waals surface area contributed by atoms with E-state index in [4.69, 9.17) is 5.26 Å². The van der Waals surface area contributed by atoms with Crippen molar-refractivity contribution in [2.75, 3.05) is 11.9 Å². The third kappa shape index (κ3) is 3.56. The summed E-state index contributed by atoms with van der Waals surface area (Å²) in [4.78, 5) is 0.